The summed E-state index contributed by atoms with van der Waals surface area (Å²) in [5, 5.41) is 8.03. The summed E-state index contributed by atoms with van der Waals surface area (Å²) in [5.41, 5.74) is 6.44. The third-order valence-electron chi connectivity index (χ3n) is 7.35. The number of hydrogen-bond acceptors (Lipinski definition) is 4. The third-order valence-corrected chi connectivity index (χ3v) is 7.35. The molecule has 202 valence electrons. The maximum absolute atomic E-state index is 14.3. The molecule has 5 aromatic rings. The second-order valence-electron chi connectivity index (χ2n) is 9.88. The Kier molecular flexibility index (Phi) is 6.51. The Hall–Kier alpha value is -4.98. The van der Waals surface area contributed by atoms with Crippen molar-refractivity contribution in [1.82, 2.24) is 19.2 Å². The van der Waals surface area contributed by atoms with E-state index in [0.717, 1.165) is 39.6 Å². The Bertz CT molecular complexity index is 1690. The lowest BCUT2D eigenvalue weighted by Gasteiger charge is -2.31. The molecular formula is C32H31N5O3. The zero-order valence-electron chi connectivity index (χ0n) is 23.0. The highest BCUT2D eigenvalue weighted by molar-refractivity contribution is 5.92. The van der Waals surface area contributed by atoms with Gasteiger partial charge in [-0.25, -0.2) is 9.48 Å². The topological polar surface area (TPSA) is 73.6 Å². The molecule has 0 bridgehead atoms. The summed E-state index contributed by atoms with van der Waals surface area (Å²) in [4.78, 5) is 16.1. The maximum atomic E-state index is 14.3. The Balaban J connectivity index is 1.53. The molecule has 2 amide bonds. The number of hydrogen-bond donors (Lipinski definition) is 1. The van der Waals surface area contributed by atoms with E-state index in [0.29, 0.717) is 23.7 Å². The number of methoxy groups -OCH3 is 2. The van der Waals surface area contributed by atoms with Gasteiger partial charge in [-0.2, -0.15) is 5.10 Å². The predicted molar refractivity (Wildman–Crippen MR) is 155 cm³/mol. The van der Waals surface area contributed by atoms with E-state index in [4.69, 9.17) is 14.6 Å². The zero-order chi connectivity index (χ0) is 27.8. The Morgan fingerprint density at radius 1 is 0.925 bits per heavy atom. The smallest absolute Gasteiger partial charge is 0.323 e. The summed E-state index contributed by atoms with van der Waals surface area (Å²) in [7, 11) is 3.18. The first kappa shape index (κ1) is 25.3. The van der Waals surface area contributed by atoms with Crippen molar-refractivity contribution < 1.29 is 14.3 Å². The molecule has 1 N–H and O–H groups in total. The molecule has 0 spiro atoms. The summed E-state index contributed by atoms with van der Waals surface area (Å²) in [6.07, 6.45) is 2.05. The summed E-state index contributed by atoms with van der Waals surface area (Å²) < 4.78 is 15.1. The second-order valence-corrected chi connectivity index (χ2v) is 9.88. The average molecular weight is 534 g/mol. The molecule has 6 rings (SSSR count). The number of aromatic nitrogens is 3. The van der Waals surface area contributed by atoms with Gasteiger partial charge in [0.15, 0.2) is 0 Å². The van der Waals surface area contributed by atoms with Crippen molar-refractivity contribution in [2.45, 2.75) is 26.4 Å². The number of para-hydroxylation sites is 1. The van der Waals surface area contributed by atoms with Crippen molar-refractivity contribution in [3.8, 4) is 23.0 Å². The summed E-state index contributed by atoms with van der Waals surface area (Å²) in [6, 6.07) is 27.2. The normalized spacial score (nSPS) is 14.2. The molecule has 1 atom stereocenters. The molecule has 0 aliphatic carbocycles. The van der Waals surface area contributed by atoms with E-state index in [1.54, 1.807) is 32.4 Å². The van der Waals surface area contributed by atoms with E-state index < -0.39 is 0 Å². The minimum atomic E-state index is -0.359. The number of rotatable bonds is 5. The van der Waals surface area contributed by atoms with Gasteiger partial charge in [0.25, 0.3) is 0 Å². The lowest BCUT2D eigenvalue weighted by Crippen LogP contribution is -2.38. The van der Waals surface area contributed by atoms with Gasteiger partial charge in [0, 0.05) is 17.8 Å². The number of urea groups is 1. The molecule has 8 nitrogen and oxygen atoms in total. The molecule has 1 aliphatic heterocycles. The highest BCUT2D eigenvalue weighted by atomic mass is 16.5. The molecule has 8 heteroatoms. The number of anilines is 1. The van der Waals surface area contributed by atoms with Gasteiger partial charge < -0.3 is 24.3 Å². The molecule has 3 heterocycles. The van der Waals surface area contributed by atoms with E-state index in [9.17, 15) is 4.79 Å². The monoisotopic (exact) mass is 533 g/mol. The van der Waals surface area contributed by atoms with Gasteiger partial charge >= 0.3 is 6.03 Å². The van der Waals surface area contributed by atoms with Crippen molar-refractivity contribution >= 4 is 11.7 Å². The second kappa shape index (κ2) is 10.3. The molecule has 40 heavy (non-hydrogen) atoms. The number of aryl methyl sites for hydroxylation is 2. The Morgan fingerprint density at radius 2 is 1.75 bits per heavy atom. The standard InChI is InChI=1S/C32H31N5O3/c1-21-10-8-11-23(18-21)30-28-14-9-17-35(28)31-26(22(2)34-37(31)24-12-6-5-7-13-24)20-36(30)32(38)33-27-19-25(39-3)15-16-29(27)40-4/h5-19,30H,20H2,1-4H3,(H,33,38)/t30-/m0/s1. The van der Waals surface area contributed by atoms with E-state index in [1.807, 2.05) is 65.2 Å². The molecule has 3 aromatic carbocycles. The fourth-order valence-electron chi connectivity index (χ4n) is 5.44. The first-order chi connectivity index (χ1) is 19.5. The van der Waals surface area contributed by atoms with Gasteiger partial charge in [-0.3, -0.25) is 0 Å². The first-order valence-corrected chi connectivity index (χ1v) is 13.2. The van der Waals surface area contributed by atoms with Gasteiger partial charge in [0.2, 0.25) is 0 Å². The third kappa shape index (κ3) is 4.37. The molecule has 0 unspecified atom stereocenters. The fraction of sp³-hybridized carbons (Fsp3) is 0.188. The highest BCUT2D eigenvalue weighted by Crippen LogP contribution is 2.39. The van der Waals surface area contributed by atoms with Crippen LogP contribution >= 0.6 is 0 Å². The van der Waals surface area contributed by atoms with Crippen LogP contribution < -0.4 is 14.8 Å². The minimum absolute atomic E-state index is 0.259. The summed E-state index contributed by atoms with van der Waals surface area (Å²) >= 11 is 0. The van der Waals surface area contributed by atoms with Crippen LogP contribution in [0.25, 0.3) is 11.5 Å². The van der Waals surface area contributed by atoms with Crippen LogP contribution in [-0.4, -0.2) is 39.5 Å². The minimum Gasteiger partial charge on any atom is -0.497 e. The molecule has 2 aromatic heterocycles. The van der Waals surface area contributed by atoms with Crippen molar-refractivity contribution in [2.24, 2.45) is 0 Å². The van der Waals surface area contributed by atoms with Crippen molar-refractivity contribution in [3.05, 3.63) is 119 Å². The fourth-order valence-corrected chi connectivity index (χ4v) is 5.44. The van der Waals surface area contributed by atoms with E-state index in [2.05, 4.69) is 41.1 Å². The van der Waals surface area contributed by atoms with Gasteiger partial charge in [0.1, 0.15) is 17.3 Å². The molecule has 0 radical (unpaired) electrons. The van der Waals surface area contributed by atoms with Gasteiger partial charge in [-0.1, -0.05) is 48.0 Å². The Labute approximate surface area is 233 Å². The lowest BCUT2D eigenvalue weighted by atomic mass is 10.00. The van der Waals surface area contributed by atoms with Crippen LogP contribution in [0, 0.1) is 13.8 Å². The number of benzene rings is 3. The van der Waals surface area contributed by atoms with Crippen LogP contribution in [-0.2, 0) is 6.54 Å². The van der Waals surface area contributed by atoms with E-state index in [1.165, 1.54) is 0 Å². The zero-order valence-corrected chi connectivity index (χ0v) is 23.0. The van der Waals surface area contributed by atoms with Gasteiger partial charge in [-0.05, 0) is 55.8 Å². The van der Waals surface area contributed by atoms with Crippen molar-refractivity contribution in [1.29, 1.82) is 0 Å². The number of nitrogens with zero attached hydrogens (tertiary/aromatic N) is 4. The van der Waals surface area contributed by atoms with Crippen molar-refractivity contribution in [3.63, 3.8) is 0 Å². The summed E-state index contributed by atoms with van der Waals surface area (Å²) in [5.74, 6) is 2.10. The van der Waals surface area contributed by atoms with Crippen LogP contribution in [0.15, 0.2) is 91.1 Å². The predicted octanol–water partition coefficient (Wildman–Crippen LogP) is 6.43. The van der Waals surface area contributed by atoms with Crippen LogP contribution in [0.4, 0.5) is 10.5 Å². The molecular weight excluding hydrogens is 502 g/mol. The SMILES string of the molecule is COc1ccc(OC)c(NC(=O)N2Cc3c(C)nn(-c4ccccc4)c3-n3cccc3[C@@H]2c2cccc(C)c2)c1. The Morgan fingerprint density at radius 3 is 2.50 bits per heavy atom. The van der Waals surface area contributed by atoms with Crippen molar-refractivity contribution in [2.75, 3.05) is 19.5 Å². The molecule has 1 aliphatic rings. The number of carbonyl (C=O) groups is 1. The molecule has 0 fully saturated rings. The maximum Gasteiger partial charge on any atom is 0.323 e. The van der Waals surface area contributed by atoms with Crippen LogP contribution in [0.3, 0.4) is 0 Å². The average Bonchev–Trinajstić information content (AvgIpc) is 3.53. The van der Waals surface area contributed by atoms with Crippen LogP contribution in [0.2, 0.25) is 0 Å². The molecule has 0 saturated carbocycles. The summed E-state index contributed by atoms with van der Waals surface area (Å²) in [6.45, 7) is 4.42. The van der Waals surface area contributed by atoms with Crippen LogP contribution in [0.1, 0.15) is 34.1 Å². The number of nitrogens with one attached hydrogen (secondary N) is 1. The highest BCUT2D eigenvalue weighted by Gasteiger charge is 2.36. The number of amides is 2. The largest absolute Gasteiger partial charge is 0.497 e. The first-order valence-electron chi connectivity index (χ1n) is 13.2. The van der Waals surface area contributed by atoms with E-state index in [-0.39, 0.29) is 12.1 Å². The van der Waals surface area contributed by atoms with Gasteiger partial charge in [0.05, 0.1) is 49.6 Å². The van der Waals surface area contributed by atoms with E-state index >= 15 is 0 Å². The lowest BCUT2D eigenvalue weighted by molar-refractivity contribution is 0.194. The van der Waals surface area contributed by atoms with Gasteiger partial charge in [-0.15, -0.1) is 0 Å². The number of ether oxygens (including phenoxy) is 2. The van der Waals surface area contributed by atoms with Crippen LogP contribution in [0.5, 0.6) is 11.5 Å². The quantitative estimate of drug-likeness (QED) is 0.282. The molecule has 0 saturated heterocycles. The number of carbonyl (C=O) groups excluding carboxylic acids is 1. The number of fused-ring (bicyclic) bond motifs is 3.